The van der Waals surface area contributed by atoms with Crippen molar-refractivity contribution >= 4 is 0 Å². The minimum absolute atomic E-state index is 0.145. The fourth-order valence-corrected chi connectivity index (χ4v) is 1.64. The zero-order valence-electron chi connectivity index (χ0n) is 8.62. The summed E-state index contributed by atoms with van der Waals surface area (Å²) in [5.41, 5.74) is 0.637. The second-order valence-corrected chi connectivity index (χ2v) is 3.84. The van der Waals surface area contributed by atoms with Gasteiger partial charge >= 0.3 is 0 Å². The van der Waals surface area contributed by atoms with Gasteiger partial charge in [0.2, 0.25) is 0 Å². The number of halogens is 2. The molecule has 0 bridgehead atoms. The molecule has 2 unspecified atom stereocenters. The number of benzene rings is 1. The topological polar surface area (TPSA) is 41.5 Å². The summed E-state index contributed by atoms with van der Waals surface area (Å²) in [6.07, 6.45) is -0.537. The van der Waals surface area contributed by atoms with Crippen LogP contribution in [0.1, 0.15) is 5.56 Å². The number of nitrogens with one attached hydrogen (secondary N) is 1. The summed E-state index contributed by atoms with van der Waals surface area (Å²) in [5, 5.41) is 12.5. The minimum atomic E-state index is -0.859. The van der Waals surface area contributed by atoms with Crippen molar-refractivity contribution in [1.29, 1.82) is 0 Å². The van der Waals surface area contributed by atoms with Gasteiger partial charge < -0.3 is 15.2 Å². The third kappa shape index (κ3) is 2.55. The van der Waals surface area contributed by atoms with Gasteiger partial charge in [0.1, 0.15) is 0 Å². The second-order valence-electron chi connectivity index (χ2n) is 3.84. The SMILES string of the molecule is OC1COCC1NCc1ccc(F)c(F)c1. The van der Waals surface area contributed by atoms with Crippen LogP contribution in [0.2, 0.25) is 0 Å². The van der Waals surface area contributed by atoms with Gasteiger partial charge in [-0.2, -0.15) is 0 Å². The Labute approximate surface area is 92.0 Å². The maximum atomic E-state index is 12.9. The lowest BCUT2D eigenvalue weighted by Gasteiger charge is -2.14. The highest BCUT2D eigenvalue weighted by atomic mass is 19.2. The molecule has 0 aromatic heterocycles. The number of ether oxygens (including phenoxy) is 1. The van der Waals surface area contributed by atoms with E-state index in [1.165, 1.54) is 6.07 Å². The van der Waals surface area contributed by atoms with E-state index >= 15 is 0 Å². The van der Waals surface area contributed by atoms with E-state index in [0.29, 0.717) is 25.3 Å². The number of hydrogen-bond acceptors (Lipinski definition) is 3. The van der Waals surface area contributed by atoms with Gasteiger partial charge in [-0.3, -0.25) is 0 Å². The van der Waals surface area contributed by atoms with Gasteiger partial charge in [-0.1, -0.05) is 6.07 Å². The van der Waals surface area contributed by atoms with Crippen LogP contribution in [0, 0.1) is 11.6 Å². The Bertz CT molecular complexity index is 373. The molecular formula is C11H13F2NO2. The highest BCUT2D eigenvalue weighted by molar-refractivity contribution is 5.17. The molecular weight excluding hydrogens is 216 g/mol. The van der Waals surface area contributed by atoms with Gasteiger partial charge in [0, 0.05) is 6.54 Å². The van der Waals surface area contributed by atoms with Crippen LogP contribution in [0.3, 0.4) is 0 Å². The largest absolute Gasteiger partial charge is 0.389 e. The normalized spacial score (nSPS) is 24.9. The third-order valence-corrected chi connectivity index (χ3v) is 2.60. The van der Waals surface area contributed by atoms with Crippen LogP contribution in [0.25, 0.3) is 0 Å². The summed E-state index contributed by atoms with van der Waals surface area (Å²) in [6, 6.07) is 3.60. The van der Waals surface area contributed by atoms with Crippen LogP contribution in [0.4, 0.5) is 8.78 Å². The highest BCUT2D eigenvalue weighted by Gasteiger charge is 2.25. The Morgan fingerprint density at radius 2 is 2.12 bits per heavy atom. The Balaban J connectivity index is 1.91. The molecule has 1 aromatic carbocycles. The van der Waals surface area contributed by atoms with Crippen LogP contribution < -0.4 is 5.32 Å². The Morgan fingerprint density at radius 1 is 1.31 bits per heavy atom. The summed E-state index contributed by atoms with van der Waals surface area (Å²) in [4.78, 5) is 0. The van der Waals surface area contributed by atoms with Crippen molar-refractivity contribution < 1.29 is 18.6 Å². The van der Waals surface area contributed by atoms with Crippen molar-refractivity contribution in [2.45, 2.75) is 18.7 Å². The van der Waals surface area contributed by atoms with E-state index in [-0.39, 0.29) is 6.04 Å². The summed E-state index contributed by atoms with van der Waals surface area (Å²) in [6.45, 7) is 1.13. The standard InChI is InChI=1S/C11H13F2NO2/c12-8-2-1-7(3-9(8)13)4-14-10-5-16-6-11(10)15/h1-3,10-11,14-15H,4-6H2. The number of aliphatic hydroxyl groups excluding tert-OH is 1. The van der Waals surface area contributed by atoms with Gasteiger partial charge in [-0.15, -0.1) is 0 Å². The molecule has 0 radical (unpaired) electrons. The van der Waals surface area contributed by atoms with Crippen molar-refractivity contribution in [3.8, 4) is 0 Å². The monoisotopic (exact) mass is 229 g/mol. The molecule has 0 spiro atoms. The molecule has 2 atom stereocenters. The first-order chi connectivity index (χ1) is 7.66. The highest BCUT2D eigenvalue weighted by Crippen LogP contribution is 2.10. The fourth-order valence-electron chi connectivity index (χ4n) is 1.64. The molecule has 3 nitrogen and oxygen atoms in total. The fraction of sp³-hybridized carbons (Fsp3) is 0.455. The minimum Gasteiger partial charge on any atom is -0.389 e. The first-order valence-corrected chi connectivity index (χ1v) is 5.10. The average Bonchev–Trinajstić information content (AvgIpc) is 2.66. The van der Waals surface area contributed by atoms with Gasteiger partial charge in [0.15, 0.2) is 11.6 Å². The Morgan fingerprint density at radius 3 is 2.75 bits per heavy atom. The zero-order valence-corrected chi connectivity index (χ0v) is 8.62. The van der Waals surface area contributed by atoms with E-state index in [0.717, 1.165) is 12.1 Å². The predicted octanol–water partition coefficient (Wildman–Crippen LogP) is 0.814. The van der Waals surface area contributed by atoms with Gasteiger partial charge in [0.05, 0.1) is 25.4 Å². The average molecular weight is 229 g/mol. The smallest absolute Gasteiger partial charge is 0.159 e. The molecule has 0 amide bonds. The zero-order chi connectivity index (χ0) is 11.5. The molecule has 0 saturated carbocycles. The number of aliphatic hydroxyl groups is 1. The van der Waals surface area contributed by atoms with Crippen molar-refractivity contribution in [2.75, 3.05) is 13.2 Å². The number of hydrogen-bond donors (Lipinski definition) is 2. The maximum Gasteiger partial charge on any atom is 0.159 e. The molecule has 1 aliphatic heterocycles. The van der Waals surface area contributed by atoms with E-state index in [2.05, 4.69) is 5.32 Å². The first kappa shape index (κ1) is 11.4. The first-order valence-electron chi connectivity index (χ1n) is 5.10. The summed E-state index contributed by atoms with van der Waals surface area (Å²) >= 11 is 0. The maximum absolute atomic E-state index is 12.9. The molecule has 1 fully saturated rings. The molecule has 1 aromatic rings. The van der Waals surface area contributed by atoms with Gasteiger partial charge in [-0.25, -0.2) is 8.78 Å². The van der Waals surface area contributed by atoms with E-state index in [4.69, 9.17) is 4.74 Å². The summed E-state index contributed by atoms with van der Waals surface area (Å²) in [5.74, 6) is -1.71. The van der Waals surface area contributed by atoms with Crippen LogP contribution in [0.15, 0.2) is 18.2 Å². The summed E-state index contributed by atoms with van der Waals surface area (Å²) < 4.78 is 30.6. The predicted molar refractivity (Wildman–Crippen MR) is 53.8 cm³/mol. The molecule has 1 saturated heterocycles. The lowest BCUT2D eigenvalue weighted by atomic mass is 10.1. The van der Waals surface area contributed by atoms with Crippen LogP contribution >= 0.6 is 0 Å². The lowest BCUT2D eigenvalue weighted by molar-refractivity contribution is 0.122. The van der Waals surface area contributed by atoms with Crippen LogP contribution in [-0.4, -0.2) is 30.5 Å². The van der Waals surface area contributed by atoms with E-state index < -0.39 is 17.7 Å². The van der Waals surface area contributed by atoms with Crippen molar-refractivity contribution in [3.05, 3.63) is 35.4 Å². The Kier molecular flexibility index (Phi) is 3.48. The van der Waals surface area contributed by atoms with Gasteiger partial charge in [0.25, 0.3) is 0 Å². The molecule has 5 heteroatoms. The van der Waals surface area contributed by atoms with Crippen LogP contribution in [-0.2, 0) is 11.3 Å². The molecule has 88 valence electrons. The van der Waals surface area contributed by atoms with E-state index in [9.17, 15) is 13.9 Å². The van der Waals surface area contributed by atoms with Crippen molar-refractivity contribution in [1.82, 2.24) is 5.32 Å². The lowest BCUT2D eigenvalue weighted by Crippen LogP contribution is -2.38. The molecule has 1 aliphatic rings. The second kappa shape index (κ2) is 4.86. The number of rotatable bonds is 3. The van der Waals surface area contributed by atoms with Crippen molar-refractivity contribution in [3.63, 3.8) is 0 Å². The van der Waals surface area contributed by atoms with E-state index in [1.807, 2.05) is 0 Å². The molecule has 16 heavy (non-hydrogen) atoms. The van der Waals surface area contributed by atoms with Crippen molar-refractivity contribution in [2.24, 2.45) is 0 Å². The molecule has 0 aliphatic carbocycles. The molecule has 2 N–H and O–H groups in total. The Hall–Kier alpha value is -1.04. The molecule has 2 rings (SSSR count). The van der Waals surface area contributed by atoms with Gasteiger partial charge in [-0.05, 0) is 17.7 Å². The summed E-state index contributed by atoms with van der Waals surface area (Å²) in [7, 11) is 0. The third-order valence-electron chi connectivity index (χ3n) is 2.60. The molecule has 1 heterocycles. The quantitative estimate of drug-likeness (QED) is 0.806. The van der Waals surface area contributed by atoms with Crippen LogP contribution in [0.5, 0.6) is 0 Å². The van der Waals surface area contributed by atoms with E-state index in [1.54, 1.807) is 0 Å².